The molecule has 0 aromatic carbocycles. The van der Waals surface area contributed by atoms with E-state index in [0.29, 0.717) is 24.2 Å². The molecule has 2 heterocycles. The number of aromatic nitrogens is 3. The lowest BCUT2D eigenvalue weighted by molar-refractivity contribution is 0.0335. The lowest BCUT2D eigenvalue weighted by Crippen LogP contribution is -2.54. The maximum atomic E-state index is 10.0. The molecular formula is C18H26N4O2. The van der Waals surface area contributed by atoms with Crippen LogP contribution < -0.4 is 5.32 Å². The van der Waals surface area contributed by atoms with Crippen LogP contribution in [0.3, 0.4) is 0 Å². The third-order valence-electron chi connectivity index (χ3n) is 4.76. The minimum absolute atomic E-state index is 0.115. The van der Waals surface area contributed by atoms with Crippen LogP contribution in [0.5, 0.6) is 0 Å². The van der Waals surface area contributed by atoms with E-state index in [-0.39, 0.29) is 17.6 Å². The quantitative estimate of drug-likeness (QED) is 0.877. The Morgan fingerprint density at radius 1 is 1.38 bits per heavy atom. The number of nitrogens with zero attached hydrogens (tertiary/aromatic N) is 3. The van der Waals surface area contributed by atoms with Gasteiger partial charge in [0, 0.05) is 23.5 Å². The highest BCUT2D eigenvalue weighted by molar-refractivity contribution is 5.51. The van der Waals surface area contributed by atoms with Crippen molar-refractivity contribution in [1.82, 2.24) is 20.4 Å². The van der Waals surface area contributed by atoms with Crippen LogP contribution in [0.4, 0.5) is 0 Å². The molecule has 2 unspecified atom stereocenters. The first-order valence-electron chi connectivity index (χ1n) is 8.50. The molecule has 130 valence electrons. The van der Waals surface area contributed by atoms with E-state index in [2.05, 4.69) is 41.2 Å². The summed E-state index contributed by atoms with van der Waals surface area (Å²) in [6, 6.07) is 3.74. The maximum absolute atomic E-state index is 10.0. The third-order valence-corrected chi connectivity index (χ3v) is 4.76. The number of rotatable bonds is 5. The number of nitrogens with one attached hydrogen (secondary N) is 1. The molecule has 2 aromatic heterocycles. The number of hydrogen-bond acceptors (Lipinski definition) is 6. The van der Waals surface area contributed by atoms with Crippen molar-refractivity contribution in [3.8, 4) is 11.4 Å². The Morgan fingerprint density at radius 3 is 2.88 bits per heavy atom. The summed E-state index contributed by atoms with van der Waals surface area (Å²) < 4.78 is 5.35. The topological polar surface area (TPSA) is 84.1 Å². The molecule has 0 bridgehead atoms. The molecule has 24 heavy (non-hydrogen) atoms. The van der Waals surface area contributed by atoms with Gasteiger partial charge in [-0.25, -0.2) is 0 Å². The van der Waals surface area contributed by atoms with Gasteiger partial charge in [0.1, 0.15) is 0 Å². The van der Waals surface area contributed by atoms with Crippen LogP contribution in [0, 0.1) is 11.3 Å². The van der Waals surface area contributed by atoms with Gasteiger partial charge in [0.05, 0.1) is 13.2 Å². The summed E-state index contributed by atoms with van der Waals surface area (Å²) >= 11 is 0. The van der Waals surface area contributed by atoms with Gasteiger partial charge in [-0.05, 0) is 42.7 Å². The van der Waals surface area contributed by atoms with Crippen molar-refractivity contribution in [3.63, 3.8) is 0 Å². The summed E-state index contributed by atoms with van der Waals surface area (Å²) in [5.74, 6) is 1.63. The molecule has 3 rings (SSSR count). The van der Waals surface area contributed by atoms with E-state index < -0.39 is 0 Å². The summed E-state index contributed by atoms with van der Waals surface area (Å²) in [4.78, 5) is 8.49. The van der Waals surface area contributed by atoms with Crippen LogP contribution in [-0.4, -0.2) is 32.4 Å². The predicted octanol–water partition coefficient (Wildman–Crippen LogP) is 2.80. The minimum atomic E-state index is -0.288. The van der Waals surface area contributed by atoms with Gasteiger partial charge < -0.3 is 14.9 Å². The van der Waals surface area contributed by atoms with E-state index in [1.165, 1.54) is 6.42 Å². The van der Waals surface area contributed by atoms with Crippen LogP contribution in [0.15, 0.2) is 29.0 Å². The van der Waals surface area contributed by atoms with E-state index in [1.807, 2.05) is 12.1 Å². The molecule has 0 aliphatic heterocycles. The molecule has 2 aromatic rings. The van der Waals surface area contributed by atoms with Crippen molar-refractivity contribution < 1.29 is 9.63 Å². The Labute approximate surface area is 142 Å². The summed E-state index contributed by atoms with van der Waals surface area (Å²) in [7, 11) is 0. The molecule has 0 saturated heterocycles. The lowest BCUT2D eigenvalue weighted by Gasteiger charge is -2.47. The Bertz CT molecular complexity index is 671. The summed E-state index contributed by atoms with van der Waals surface area (Å²) in [6.45, 7) is 7.35. The average molecular weight is 330 g/mol. The smallest absolute Gasteiger partial charge is 0.240 e. The van der Waals surface area contributed by atoms with Crippen molar-refractivity contribution in [2.45, 2.75) is 52.1 Å². The molecular weight excluding hydrogens is 304 g/mol. The molecule has 2 N–H and O–H groups in total. The maximum Gasteiger partial charge on any atom is 0.240 e. The number of aliphatic hydroxyl groups excluding tert-OH is 1. The van der Waals surface area contributed by atoms with Gasteiger partial charge in [-0.3, -0.25) is 4.98 Å². The molecule has 0 radical (unpaired) electrons. The Morgan fingerprint density at radius 2 is 2.21 bits per heavy atom. The van der Waals surface area contributed by atoms with E-state index >= 15 is 0 Å². The normalized spacial score (nSPS) is 26.4. The first-order valence-corrected chi connectivity index (χ1v) is 8.50. The Balaban J connectivity index is 1.69. The zero-order valence-corrected chi connectivity index (χ0v) is 14.6. The van der Waals surface area contributed by atoms with Gasteiger partial charge in [0.15, 0.2) is 0 Å². The van der Waals surface area contributed by atoms with Crippen molar-refractivity contribution in [2.24, 2.45) is 11.3 Å². The SMILES string of the molecule is CC1CC(C)(C)CC(CO)(NCc2nc(-c3cccnc3)no2)C1. The largest absolute Gasteiger partial charge is 0.394 e. The van der Waals surface area contributed by atoms with Gasteiger partial charge >= 0.3 is 0 Å². The summed E-state index contributed by atoms with van der Waals surface area (Å²) in [5.41, 5.74) is 0.754. The fourth-order valence-corrected chi connectivity index (χ4v) is 4.26. The zero-order valence-electron chi connectivity index (χ0n) is 14.6. The third kappa shape index (κ3) is 3.82. The molecule has 0 spiro atoms. The minimum Gasteiger partial charge on any atom is -0.394 e. The van der Waals surface area contributed by atoms with Gasteiger partial charge in [-0.2, -0.15) is 4.98 Å². The van der Waals surface area contributed by atoms with Gasteiger partial charge in [-0.1, -0.05) is 25.9 Å². The number of aliphatic hydroxyl groups is 1. The molecule has 1 aliphatic carbocycles. The van der Waals surface area contributed by atoms with Crippen LogP contribution in [0.1, 0.15) is 45.9 Å². The molecule has 1 saturated carbocycles. The highest BCUT2D eigenvalue weighted by Gasteiger charge is 2.42. The van der Waals surface area contributed by atoms with E-state index in [9.17, 15) is 5.11 Å². The molecule has 1 aliphatic rings. The second-order valence-electron chi connectivity index (χ2n) is 7.90. The van der Waals surface area contributed by atoms with E-state index in [1.54, 1.807) is 12.4 Å². The molecule has 6 heteroatoms. The van der Waals surface area contributed by atoms with Crippen LogP contribution in [-0.2, 0) is 6.54 Å². The van der Waals surface area contributed by atoms with Gasteiger partial charge in [0.2, 0.25) is 11.7 Å². The molecule has 0 amide bonds. The molecule has 1 fully saturated rings. The van der Waals surface area contributed by atoms with Crippen molar-refractivity contribution >= 4 is 0 Å². The summed E-state index contributed by atoms with van der Waals surface area (Å²) in [6.07, 6.45) is 6.49. The number of hydrogen-bond donors (Lipinski definition) is 2. The standard InChI is InChI=1S/C18H26N4O2/c1-13-7-17(2,3)11-18(8-13,12-23)20-10-15-21-16(22-24-15)14-5-4-6-19-9-14/h4-6,9,13,20,23H,7-8,10-12H2,1-3H3. The van der Waals surface area contributed by atoms with Crippen molar-refractivity contribution in [2.75, 3.05) is 6.61 Å². The van der Waals surface area contributed by atoms with Crippen molar-refractivity contribution in [3.05, 3.63) is 30.4 Å². The molecule has 6 nitrogen and oxygen atoms in total. The van der Waals surface area contributed by atoms with E-state index in [0.717, 1.165) is 18.4 Å². The predicted molar refractivity (Wildman–Crippen MR) is 91.0 cm³/mol. The van der Waals surface area contributed by atoms with Crippen LogP contribution in [0.2, 0.25) is 0 Å². The number of pyridine rings is 1. The van der Waals surface area contributed by atoms with Crippen LogP contribution >= 0.6 is 0 Å². The Kier molecular flexibility index (Phi) is 4.69. The lowest BCUT2D eigenvalue weighted by atomic mass is 9.64. The fraction of sp³-hybridized carbons (Fsp3) is 0.611. The monoisotopic (exact) mass is 330 g/mol. The highest BCUT2D eigenvalue weighted by atomic mass is 16.5. The summed E-state index contributed by atoms with van der Waals surface area (Å²) in [5, 5.41) is 17.5. The first-order chi connectivity index (χ1) is 11.4. The van der Waals surface area contributed by atoms with Crippen LogP contribution in [0.25, 0.3) is 11.4 Å². The van der Waals surface area contributed by atoms with E-state index in [4.69, 9.17) is 4.52 Å². The fourth-order valence-electron chi connectivity index (χ4n) is 4.26. The first kappa shape index (κ1) is 17.0. The van der Waals surface area contributed by atoms with Gasteiger partial charge in [0.25, 0.3) is 0 Å². The second-order valence-corrected chi connectivity index (χ2v) is 7.90. The Hall–Kier alpha value is -1.79. The highest BCUT2D eigenvalue weighted by Crippen LogP contribution is 2.43. The average Bonchev–Trinajstić information content (AvgIpc) is 3.01. The zero-order chi connectivity index (χ0) is 17.2. The second kappa shape index (κ2) is 6.61. The molecule has 2 atom stereocenters. The van der Waals surface area contributed by atoms with Crippen molar-refractivity contribution in [1.29, 1.82) is 0 Å². The van der Waals surface area contributed by atoms with Gasteiger partial charge in [-0.15, -0.1) is 0 Å².